The molecule has 0 saturated carbocycles. The van der Waals surface area contributed by atoms with Crippen molar-refractivity contribution in [2.75, 3.05) is 12.4 Å². The second-order valence-corrected chi connectivity index (χ2v) is 3.84. The molecule has 0 aliphatic carbocycles. The van der Waals surface area contributed by atoms with Gasteiger partial charge >= 0.3 is 0 Å². The molecule has 1 aromatic rings. The van der Waals surface area contributed by atoms with Crippen LogP contribution < -0.4 is 10.6 Å². The fourth-order valence-corrected chi connectivity index (χ4v) is 1.47. The molecule has 1 unspecified atom stereocenters. The number of rotatable bonds is 4. The van der Waals surface area contributed by atoms with E-state index in [9.17, 15) is 4.79 Å². The normalized spacial score (nSPS) is 12.9. The largest absolute Gasteiger partial charge is 0.310 e. The van der Waals surface area contributed by atoms with Gasteiger partial charge in [-0.15, -0.1) is 0 Å². The lowest BCUT2D eigenvalue weighted by molar-refractivity contribution is -0.119. The van der Waals surface area contributed by atoms with E-state index in [4.69, 9.17) is 0 Å². The number of carbonyl (C=O) groups is 1. The van der Waals surface area contributed by atoms with E-state index in [2.05, 4.69) is 15.7 Å². The number of nitrogens with one attached hydrogen (secondary N) is 2. The molecular weight excluding hydrogens is 192 g/mol. The highest BCUT2D eigenvalue weighted by Gasteiger charge is 2.20. The monoisotopic (exact) mass is 210 g/mol. The highest BCUT2D eigenvalue weighted by Crippen LogP contribution is 2.07. The Labute approximate surface area is 89.9 Å². The Bertz CT molecular complexity index is 332. The van der Waals surface area contributed by atoms with Gasteiger partial charge in [-0.3, -0.25) is 9.48 Å². The van der Waals surface area contributed by atoms with Gasteiger partial charge < -0.3 is 10.6 Å². The van der Waals surface area contributed by atoms with E-state index in [0.29, 0.717) is 5.82 Å². The minimum absolute atomic E-state index is 0.0314. The first-order valence-electron chi connectivity index (χ1n) is 5.02. The highest BCUT2D eigenvalue weighted by atomic mass is 16.2. The topological polar surface area (TPSA) is 59.0 Å². The van der Waals surface area contributed by atoms with Crippen molar-refractivity contribution in [3.05, 3.63) is 12.3 Å². The van der Waals surface area contributed by atoms with Crippen molar-refractivity contribution in [2.45, 2.75) is 19.9 Å². The van der Waals surface area contributed by atoms with Crippen molar-refractivity contribution in [2.24, 2.45) is 13.0 Å². The maximum absolute atomic E-state index is 11.8. The molecule has 2 N–H and O–H groups in total. The SMILES string of the molecule is CNC(C(=O)Nc1ccnn1C)C(C)C. The Hall–Kier alpha value is -1.36. The number of aromatic nitrogens is 2. The van der Waals surface area contributed by atoms with Crippen molar-refractivity contribution >= 4 is 11.7 Å². The first-order chi connectivity index (χ1) is 7.06. The summed E-state index contributed by atoms with van der Waals surface area (Å²) in [5.41, 5.74) is 0. The van der Waals surface area contributed by atoms with Crippen LogP contribution in [0.15, 0.2) is 12.3 Å². The number of anilines is 1. The predicted molar refractivity (Wildman–Crippen MR) is 59.5 cm³/mol. The quantitative estimate of drug-likeness (QED) is 0.765. The van der Waals surface area contributed by atoms with Gasteiger partial charge in [-0.2, -0.15) is 5.10 Å². The van der Waals surface area contributed by atoms with Gasteiger partial charge in [0.05, 0.1) is 12.2 Å². The molecule has 15 heavy (non-hydrogen) atoms. The van der Waals surface area contributed by atoms with Crippen LogP contribution in [0.3, 0.4) is 0 Å². The van der Waals surface area contributed by atoms with Crippen LogP contribution in [0.5, 0.6) is 0 Å². The van der Waals surface area contributed by atoms with Crippen LogP contribution in [0.25, 0.3) is 0 Å². The molecular formula is C10H18N4O. The molecule has 0 saturated heterocycles. The number of hydrogen-bond acceptors (Lipinski definition) is 3. The Morgan fingerprint density at radius 1 is 1.53 bits per heavy atom. The van der Waals surface area contributed by atoms with E-state index in [0.717, 1.165) is 0 Å². The van der Waals surface area contributed by atoms with E-state index in [1.165, 1.54) is 0 Å². The maximum Gasteiger partial charge on any atom is 0.242 e. The fraction of sp³-hybridized carbons (Fsp3) is 0.600. The lowest BCUT2D eigenvalue weighted by atomic mass is 10.0. The van der Waals surface area contributed by atoms with Gasteiger partial charge in [0, 0.05) is 13.1 Å². The van der Waals surface area contributed by atoms with Gasteiger partial charge in [0.25, 0.3) is 0 Å². The first-order valence-corrected chi connectivity index (χ1v) is 5.02. The van der Waals surface area contributed by atoms with E-state index in [1.807, 2.05) is 13.8 Å². The zero-order chi connectivity index (χ0) is 11.4. The lowest BCUT2D eigenvalue weighted by Crippen LogP contribution is -2.42. The van der Waals surface area contributed by atoms with Crippen molar-refractivity contribution in [3.8, 4) is 0 Å². The standard InChI is InChI=1S/C10H18N4O/c1-7(2)9(11-3)10(15)13-8-5-6-12-14(8)4/h5-7,9,11H,1-4H3,(H,13,15). The van der Waals surface area contributed by atoms with E-state index < -0.39 is 0 Å². The third kappa shape index (κ3) is 2.79. The molecule has 1 amide bonds. The Kier molecular flexibility index (Phi) is 3.85. The molecule has 0 fully saturated rings. The van der Waals surface area contributed by atoms with Gasteiger partial charge in [0.15, 0.2) is 0 Å². The van der Waals surface area contributed by atoms with Gasteiger partial charge in [-0.25, -0.2) is 0 Å². The van der Waals surface area contributed by atoms with Crippen LogP contribution in [-0.4, -0.2) is 28.8 Å². The number of amides is 1. The molecule has 0 spiro atoms. The average Bonchev–Trinajstić information content (AvgIpc) is 2.52. The molecule has 1 rings (SSSR count). The molecule has 1 aromatic heterocycles. The molecule has 84 valence electrons. The lowest BCUT2D eigenvalue weighted by Gasteiger charge is -2.19. The van der Waals surface area contributed by atoms with Crippen LogP contribution >= 0.6 is 0 Å². The number of nitrogens with zero attached hydrogens (tertiary/aromatic N) is 2. The van der Waals surface area contributed by atoms with E-state index >= 15 is 0 Å². The zero-order valence-corrected chi connectivity index (χ0v) is 9.61. The molecule has 0 aliphatic rings. The molecule has 0 aliphatic heterocycles. The zero-order valence-electron chi connectivity index (χ0n) is 9.61. The Morgan fingerprint density at radius 3 is 2.60 bits per heavy atom. The van der Waals surface area contributed by atoms with Crippen LogP contribution in [0.2, 0.25) is 0 Å². The van der Waals surface area contributed by atoms with E-state index in [-0.39, 0.29) is 17.9 Å². The van der Waals surface area contributed by atoms with E-state index in [1.54, 1.807) is 31.0 Å². The van der Waals surface area contributed by atoms with Crippen LogP contribution in [-0.2, 0) is 11.8 Å². The summed E-state index contributed by atoms with van der Waals surface area (Å²) in [6, 6.07) is 1.59. The summed E-state index contributed by atoms with van der Waals surface area (Å²) in [6.45, 7) is 4.01. The summed E-state index contributed by atoms with van der Waals surface area (Å²) in [5.74, 6) is 0.931. The van der Waals surface area contributed by atoms with Gasteiger partial charge in [-0.1, -0.05) is 13.8 Å². The summed E-state index contributed by atoms with van der Waals surface area (Å²) in [5, 5.41) is 9.79. The minimum Gasteiger partial charge on any atom is -0.310 e. The molecule has 5 heteroatoms. The Balaban J connectivity index is 2.66. The number of hydrogen-bond donors (Lipinski definition) is 2. The number of aryl methyl sites for hydroxylation is 1. The van der Waals surface area contributed by atoms with Gasteiger partial charge in [0.1, 0.15) is 5.82 Å². The summed E-state index contributed by atoms with van der Waals surface area (Å²) >= 11 is 0. The summed E-state index contributed by atoms with van der Waals surface area (Å²) in [6.07, 6.45) is 1.65. The van der Waals surface area contributed by atoms with Gasteiger partial charge in [-0.05, 0) is 13.0 Å². The van der Waals surface area contributed by atoms with Crippen molar-refractivity contribution < 1.29 is 4.79 Å². The van der Waals surface area contributed by atoms with Crippen molar-refractivity contribution in [1.29, 1.82) is 0 Å². The summed E-state index contributed by atoms with van der Waals surface area (Å²) in [7, 11) is 3.58. The van der Waals surface area contributed by atoms with Crippen molar-refractivity contribution in [3.63, 3.8) is 0 Å². The number of carbonyl (C=O) groups excluding carboxylic acids is 1. The third-order valence-electron chi connectivity index (χ3n) is 2.33. The second-order valence-electron chi connectivity index (χ2n) is 3.84. The minimum atomic E-state index is -0.181. The molecule has 1 atom stereocenters. The second kappa shape index (κ2) is 4.93. The summed E-state index contributed by atoms with van der Waals surface area (Å²) in [4.78, 5) is 11.8. The molecule has 5 nitrogen and oxygen atoms in total. The Morgan fingerprint density at radius 2 is 2.20 bits per heavy atom. The van der Waals surface area contributed by atoms with Crippen LogP contribution in [0.4, 0.5) is 5.82 Å². The van der Waals surface area contributed by atoms with Crippen LogP contribution in [0.1, 0.15) is 13.8 Å². The fourth-order valence-electron chi connectivity index (χ4n) is 1.47. The maximum atomic E-state index is 11.8. The molecule has 0 radical (unpaired) electrons. The summed E-state index contributed by atoms with van der Waals surface area (Å²) < 4.78 is 1.63. The molecule has 0 aromatic carbocycles. The highest BCUT2D eigenvalue weighted by molar-refractivity contribution is 5.94. The first kappa shape index (κ1) is 11.7. The molecule has 1 heterocycles. The van der Waals surface area contributed by atoms with Gasteiger partial charge in [0.2, 0.25) is 5.91 Å². The third-order valence-corrected chi connectivity index (χ3v) is 2.33. The smallest absolute Gasteiger partial charge is 0.242 e. The van der Waals surface area contributed by atoms with Crippen LogP contribution in [0, 0.1) is 5.92 Å². The number of likely N-dealkylation sites (N-methyl/N-ethyl adjacent to an activating group) is 1. The average molecular weight is 210 g/mol. The van der Waals surface area contributed by atoms with Crippen molar-refractivity contribution in [1.82, 2.24) is 15.1 Å². The predicted octanol–water partition coefficient (Wildman–Crippen LogP) is 0.603. The molecule has 0 bridgehead atoms.